The van der Waals surface area contributed by atoms with Gasteiger partial charge in [-0.05, 0) is 42.3 Å². The Balaban J connectivity index is 1.99. The highest BCUT2D eigenvalue weighted by atomic mass is 16.3. The molecule has 1 amide bonds. The van der Waals surface area contributed by atoms with Gasteiger partial charge in [0.1, 0.15) is 5.75 Å². The van der Waals surface area contributed by atoms with Crippen molar-refractivity contribution in [1.82, 2.24) is 9.88 Å². The summed E-state index contributed by atoms with van der Waals surface area (Å²) in [5.74, 6) is -0.215. The number of likely N-dealkylation sites (N-methyl/N-ethyl adjacent to an activating group) is 1. The minimum absolute atomic E-state index is 0.0709. The lowest BCUT2D eigenvalue weighted by atomic mass is 10.1. The van der Waals surface area contributed by atoms with E-state index < -0.39 is 0 Å². The molecule has 0 aliphatic carbocycles. The Labute approximate surface area is 117 Å². The summed E-state index contributed by atoms with van der Waals surface area (Å²) in [6.45, 7) is 0.591. The highest BCUT2D eigenvalue weighted by molar-refractivity contribution is 5.95. The monoisotopic (exact) mass is 271 g/mol. The number of hydrogen-bond donors (Lipinski definition) is 2. The Morgan fingerprint density at radius 2 is 2.00 bits per heavy atom. The quantitative estimate of drug-likeness (QED) is 0.655. The summed E-state index contributed by atoms with van der Waals surface area (Å²) in [5, 5.41) is 9.54. The molecule has 0 unspecified atom stereocenters. The van der Waals surface area contributed by atoms with Crippen LogP contribution in [0.4, 0.5) is 5.69 Å². The van der Waals surface area contributed by atoms with Gasteiger partial charge in [0.05, 0.1) is 5.69 Å². The number of phenolic OH excluding ortho intramolecular Hbond substituents is 1. The molecular weight excluding hydrogens is 254 g/mol. The standard InChI is InChI=1S/C15H17N3O2/c1-18(9-6-11-4-7-17-8-5-11)15(20)12-2-3-13(16)14(19)10-12/h2-5,7-8,10,19H,6,9,16H2,1H3. The van der Waals surface area contributed by atoms with E-state index in [1.54, 1.807) is 30.4 Å². The number of hydrogen-bond acceptors (Lipinski definition) is 4. The molecule has 0 atom stereocenters. The zero-order valence-corrected chi connectivity index (χ0v) is 11.3. The van der Waals surface area contributed by atoms with E-state index >= 15 is 0 Å². The highest BCUT2D eigenvalue weighted by Crippen LogP contribution is 2.21. The number of aromatic hydroxyl groups is 1. The van der Waals surface area contributed by atoms with Crippen molar-refractivity contribution in [1.29, 1.82) is 0 Å². The number of nitrogen functional groups attached to an aromatic ring is 1. The Morgan fingerprint density at radius 3 is 2.65 bits per heavy atom. The Morgan fingerprint density at radius 1 is 1.30 bits per heavy atom. The molecule has 1 aromatic carbocycles. The molecule has 0 aliphatic rings. The largest absolute Gasteiger partial charge is 0.506 e. The van der Waals surface area contributed by atoms with Crippen LogP contribution in [-0.4, -0.2) is 34.5 Å². The van der Waals surface area contributed by atoms with E-state index in [4.69, 9.17) is 5.73 Å². The second-order valence-electron chi connectivity index (χ2n) is 4.61. The molecule has 0 saturated carbocycles. The molecule has 0 fully saturated rings. The highest BCUT2D eigenvalue weighted by Gasteiger charge is 2.13. The lowest BCUT2D eigenvalue weighted by molar-refractivity contribution is 0.0796. The van der Waals surface area contributed by atoms with E-state index in [-0.39, 0.29) is 17.3 Å². The summed E-state index contributed by atoms with van der Waals surface area (Å²) >= 11 is 0. The molecule has 104 valence electrons. The summed E-state index contributed by atoms with van der Waals surface area (Å²) in [6.07, 6.45) is 4.22. The van der Waals surface area contributed by atoms with Crippen LogP contribution in [0.3, 0.4) is 0 Å². The van der Waals surface area contributed by atoms with Gasteiger partial charge < -0.3 is 15.7 Å². The molecule has 0 spiro atoms. The zero-order valence-electron chi connectivity index (χ0n) is 11.3. The predicted molar refractivity (Wildman–Crippen MR) is 77.4 cm³/mol. The van der Waals surface area contributed by atoms with Crippen molar-refractivity contribution >= 4 is 11.6 Å². The first-order chi connectivity index (χ1) is 9.58. The number of benzene rings is 1. The van der Waals surface area contributed by atoms with E-state index in [0.29, 0.717) is 12.1 Å². The van der Waals surface area contributed by atoms with Gasteiger partial charge >= 0.3 is 0 Å². The Hall–Kier alpha value is -2.56. The van der Waals surface area contributed by atoms with Gasteiger partial charge in [-0.15, -0.1) is 0 Å². The van der Waals surface area contributed by atoms with Gasteiger partial charge in [-0.3, -0.25) is 9.78 Å². The number of pyridine rings is 1. The van der Waals surface area contributed by atoms with Gasteiger partial charge in [0.2, 0.25) is 0 Å². The number of carbonyl (C=O) groups is 1. The molecule has 1 heterocycles. The maximum Gasteiger partial charge on any atom is 0.253 e. The average Bonchev–Trinajstić information content (AvgIpc) is 2.48. The second kappa shape index (κ2) is 6.06. The third-order valence-electron chi connectivity index (χ3n) is 3.11. The van der Waals surface area contributed by atoms with Crippen molar-refractivity contribution in [3.05, 3.63) is 53.9 Å². The zero-order chi connectivity index (χ0) is 14.5. The number of nitrogens with two attached hydrogens (primary N) is 1. The van der Waals surface area contributed by atoms with Crippen LogP contribution in [-0.2, 0) is 6.42 Å². The molecule has 20 heavy (non-hydrogen) atoms. The summed E-state index contributed by atoms with van der Waals surface area (Å²) in [6, 6.07) is 8.38. The number of rotatable bonds is 4. The molecule has 0 aliphatic heterocycles. The summed E-state index contributed by atoms with van der Waals surface area (Å²) in [5.41, 5.74) is 7.33. The second-order valence-corrected chi connectivity index (χ2v) is 4.61. The summed E-state index contributed by atoms with van der Waals surface area (Å²) in [7, 11) is 1.73. The first-order valence-electron chi connectivity index (χ1n) is 6.31. The fraction of sp³-hybridized carbons (Fsp3) is 0.200. The molecule has 5 nitrogen and oxygen atoms in total. The first kappa shape index (κ1) is 13.9. The van der Waals surface area contributed by atoms with Crippen molar-refractivity contribution in [3.63, 3.8) is 0 Å². The van der Waals surface area contributed by atoms with Crippen LogP contribution in [0.2, 0.25) is 0 Å². The van der Waals surface area contributed by atoms with Crippen molar-refractivity contribution in [2.75, 3.05) is 19.3 Å². The number of nitrogens with zero attached hydrogens (tertiary/aromatic N) is 2. The van der Waals surface area contributed by atoms with Crippen LogP contribution in [0.25, 0.3) is 0 Å². The number of amides is 1. The van der Waals surface area contributed by atoms with Gasteiger partial charge in [-0.1, -0.05) is 0 Å². The minimum atomic E-state index is -0.144. The van der Waals surface area contributed by atoms with Crippen molar-refractivity contribution in [3.8, 4) is 5.75 Å². The van der Waals surface area contributed by atoms with Crippen LogP contribution >= 0.6 is 0 Å². The van der Waals surface area contributed by atoms with Crippen LogP contribution in [0, 0.1) is 0 Å². The third kappa shape index (κ3) is 3.26. The topological polar surface area (TPSA) is 79.5 Å². The van der Waals surface area contributed by atoms with Crippen molar-refractivity contribution in [2.24, 2.45) is 0 Å². The molecule has 0 saturated heterocycles. The number of carbonyl (C=O) groups excluding carboxylic acids is 1. The fourth-order valence-electron chi connectivity index (χ4n) is 1.84. The summed E-state index contributed by atoms with van der Waals surface area (Å²) in [4.78, 5) is 17.8. The van der Waals surface area contributed by atoms with Crippen LogP contribution in [0.1, 0.15) is 15.9 Å². The minimum Gasteiger partial charge on any atom is -0.506 e. The van der Waals surface area contributed by atoms with Gasteiger partial charge in [-0.2, -0.15) is 0 Å². The predicted octanol–water partition coefficient (Wildman–Crippen LogP) is 1.68. The molecule has 3 N–H and O–H groups in total. The Kier molecular flexibility index (Phi) is 4.20. The maximum absolute atomic E-state index is 12.2. The van der Waals surface area contributed by atoms with E-state index in [1.165, 1.54) is 12.1 Å². The van der Waals surface area contributed by atoms with Gasteiger partial charge in [-0.25, -0.2) is 0 Å². The van der Waals surface area contributed by atoms with E-state index in [9.17, 15) is 9.90 Å². The molecule has 2 aromatic rings. The SMILES string of the molecule is CN(CCc1ccncc1)C(=O)c1ccc(N)c(O)c1. The fourth-order valence-corrected chi connectivity index (χ4v) is 1.84. The maximum atomic E-state index is 12.2. The van der Waals surface area contributed by atoms with Crippen LogP contribution < -0.4 is 5.73 Å². The average molecular weight is 271 g/mol. The van der Waals surface area contributed by atoms with Crippen molar-refractivity contribution < 1.29 is 9.90 Å². The first-order valence-corrected chi connectivity index (χ1v) is 6.31. The number of aromatic nitrogens is 1. The summed E-state index contributed by atoms with van der Waals surface area (Å²) < 4.78 is 0. The lowest BCUT2D eigenvalue weighted by Gasteiger charge is -2.17. The molecule has 5 heteroatoms. The third-order valence-corrected chi connectivity index (χ3v) is 3.11. The molecule has 0 bridgehead atoms. The lowest BCUT2D eigenvalue weighted by Crippen LogP contribution is -2.28. The molecule has 1 aromatic heterocycles. The van der Waals surface area contributed by atoms with E-state index in [1.807, 2.05) is 12.1 Å². The molecular formula is C15H17N3O2. The van der Waals surface area contributed by atoms with Crippen molar-refractivity contribution in [2.45, 2.75) is 6.42 Å². The normalized spacial score (nSPS) is 10.2. The van der Waals surface area contributed by atoms with Gasteiger partial charge in [0.25, 0.3) is 5.91 Å². The smallest absolute Gasteiger partial charge is 0.253 e. The van der Waals surface area contributed by atoms with E-state index in [0.717, 1.165) is 12.0 Å². The number of anilines is 1. The van der Waals surface area contributed by atoms with Gasteiger partial charge in [0, 0.05) is 31.5 Å². The Bertz CT molecular complexity index is 599. The molecule has 0 radical (unpaired) electrons. The van der Waals surface area contributed by atoms with Gasteiger partial charge in [0.15, 0.2) is 0 Å². The molecule has 2 rings (SSSR count). The number of phenols is 1. The van der Waals surface area contributed by atoms with Crippen LogP contribution in [0.15, 0.2) is 42.7 Å². The van der Waals surface area contributed by atoms with E-state index in [2.05, 4.69) is 4.98 Å². The van der Waals surface area contributed by atoms with Crippen LogP contribution in [0.5, 0.6) is 5.75 Å².